The fourth-order valence-corrected chi connectivity index (χ4v) is 2.65. The van der Waals surface area contributed by atoms with E-state index in [1.54, 1.807) is 18.2 Å². The second kappa shape index (κ2) is 7.08. The van der Waals surface area contributed by atoms with Crippen LogP contribution in [-0.2, 0) is 4.79 Å². The van der Waals surface area contributed by atoms with Gasteiger partial charge in [-0.1, -0.05) is 5.57 Å². The lowest BCUT2D eigenvalue weighted by molar-refractivity contribution is -0.117. The first kappa shape index (κ1) is 16.0. The number of hydrogen-bond donors (Lipinski definition) is 1. The lowest BCUT2D eigenvalue weighted by Crippen LogP contribution is -2.47. The highest BCUT2D eigenvalue weighted by molar-refractivity contribution is 5.88. The van der Waals surface area contributed by atoms with E-state index in [0.717, 1.165) is 25.0 Å². The number of allylic oxidation sites excluding steroid dienone is 1. The van der Waals surface area contributed by atoms with Crippen molar-refractivity contribution in [2.24, 2.45) is 0 Å². The van der Waals surface area contributed by atoms with Gasteiger partial charge in [-0.3, -0.25) is 4.79 Å². The molecule has 1 fully saturated rings. The van der Waals surface area contributed by atoms with E-state index < -0.39 is 5.82 Å². The van der Waals surface area contributed by atoms with Gasteiger partial charge >= 0.3 is 0 Å². The van der Waals surface area contributed by atoms with Gasteiger partial charge in [0.05, 0.1) is 17.3 Å². The van der Waals surface area contributed by atoms with Crippen LogP contribution in [0.2, 0.25) is 0 Å². The summed E-state index contributed by atoms with van der Waals surface area (Å²) >= 11 is 0. The molecule has 1 saturated heterocycles. The Morgan fingerprint density at radius 2 is 2.27 bits per heavy atom. The Hall–Kier alpha value is -2.35. The summed E-state index contributed by atoms with van der Waals surface area (Å²) in [5.74, 6) is -0.498. The van der Waals surface area contributed by atoms with Gasteiger partial charge < -0.3 is 10.2 Å². The number of carbonyl (C=O) groups excluding carboxylic acids is 1. The third-order valence-electron chi connectivity index (χ3n) is 3.61. The van der Waals surface area contributed by atoms with Crippen molar-refractivity contribution in [1.29, 1.82) is 5.26 Å². The van der Waals surface area contributed by atoms with Gasteiger partial charge in [0.1, 0.15) is 5.82 Å². The number of rotatable bonds is 3. The first-order valence-corrected chi connectivity index (χ1v) is 7.39. The maximum absolute atomic E-state index is 14.1. The Balaban J connectivity index is 2.06. The Labute approximate surface area is 130 Å². The minimum atomic E-state index is -0.393. The van der Waals surface area contributed by atoms with Crippen molar-refractivity contribution in [3.63, 3.8) is 0 Å². The molecule has 5 heteroatoms. The van der Waals surface area contributed by atoms with Gasteiger partial charge in [-0.25, -0.2) is 4.39 Å². The quantitative estimate of drug-likeness (QED) is 0.873. The maximum atomic E-state index is 14.1. The van der Waals surface area contributed by atoms with Gasteiger partial charge in [-0.2, -0.15) is 5.26 Å². The molecule has 0 unspecified atom stereocenters. The van der Waals surface area contributed by atoms with Crippen LogP contribution in [0.15, 0.2) is 29.8 Å². The number of anilines is 1. The van der Waals surface area contributed by atoms with Gasteiger partial charge in [0.25, 0.3) is 0 Å². The fraction of sp³-hybridized carbons (Fsp3) is 0.412. The summed E-state index contributed by atoms with van der Waals surface area (Å²) in [4.78, 5) is 13.7. The standard InChI is InChI=1S/C17H20FN3O/c1-12(2)8-17(22)20-14-4-3-7-21(11-14)16-6-5-13(10-19)9-15(16)18/h5-6,8-9,14H,3-4,7,11H2,1-2H3,(H,20,22)/t14-/m1/s1. The summed E-state index contributed by atoms with van der Waals surface area (Å²) in [7, 11) is 0. The molecule has 0 bridgehead atoms. The highest BCUT2D eigenvalue weighted by atomic mass is 19.1. The summed E-state index contributed by atoms with van der Waals surface area (Å²) in [6.07, 6.45) is 3.34. The number of hydrogen-bond acceptors (Lipinski definition) is 3. The van der Waals surface area contributed by atoms with Crippen LogP contribution in [0.3, 0.4) is 0 Å². The normalized spacial score (nSPS) is 17.5. The second-order valence-corrected chi connectivity index (χ2v) is 5.79. The lowest BCUT2D eigenvalue weighted by atomic mass is 10.0. The summed E-state index contributed by atoms with van der Waals surface area (Å²) in [5, 5.41) is 11.8. The highest BCUT2D eigenvalue weighted by Crippen LogP contribution is 2.24. The van der Waals surface area contributed by atoms with Gasteiger partial charge in [0.15, 0.2) is 0 Å². The van der Waals surface area contributed by atoms with E-state index in [0.29, 0.717) is 17.8 Å². The highest BCUT2D eigenvalue weighted by Gasteiger charge is 2.23. The largest absolute Gasteiger partial charge is 0.367 e. The second-order valence-electron chi connectivity index (χ2n) is 5.79. The Morgan fingerprint density at radius 1 is 1.50 bits per heavy atom. The summed E-state index contributed by atoms with van der Waals surface area (Å²) < 4.78 is 14.1. The first-order chi connectivity index (χ1) is 10.5. The van der Waals surface area contributed by atoms with E-state index in [1.807, 2.05) is 24.8 Å². The van der Waals surface area contributed by atoms with Crippen LogP contribution < -0.4 is 10.2 Å². The van der Waals surface area contributed by atoms with Crippen molar-refractivity contribution in [1.82, 2.24) is 5.32 Å². The van der Waals surface area contributed by atoms with Crippen LogP contribution in [0.4, 0.5) is 10.1 Å². The van der Waals surface area contributed by atoms with Crippen molar-refractivity contribution in [3.05, 3.63) is 41.2 Å². The molecule has 0 radical (unpaired) electrons. The van der Waals surface area contributed by atoms with Crippen LogP contribution in [0.25, 0.3) is 0 Å². The molecule has 0 saturated carbocycles. The molecular formula is C17H20FN3O. The third-order valence-corrected chi connectivity index (χ3v) is 3.61. The Morgan fingerprint density at radius 3 is 2.91 bits per heavy atom. The zero-order chi connectivity index (χ0) is 16.1. The number of nitriles is 1. The molecule has 22 heavy (non-hydrogen) atoms. The SMILES string of the molecule is CC(C)=CC(=O)N[C@@H]1CCCN(c2ccc(C#N)cc2F)C1. The van der Waals surface area contributed by atoms with Gasteiger partial charge in [-0.05, 0) is 44.9 Å². The van der Waals surface area contributed by atoms with E-state index in [-0.39, 0.29) is 11.9 Å². The van der Waals surface area contributed by atoms with Crippen molar-refractivity contribution < 1.29 is 9.18 Å². The number of nitrogens with zero attached hydrogens (tertiary/aromatic N) is 2. The molecule has 1 N–H and O–H groups in total. The van der Waals surface area contributed by atoms with Crippen LogP contribution in [0, 0.1) is 17.1 Å². The van der Waals surface area contributed by atoms with E-state index in [2.05, 4.69) is 5.32 Å². The molecule has 116 valence electrons. The predicted octanol–water partition coefficient (Wildman–Crippen LogP) is 2.75. The minimum Gasteiger partial charge on any atom is -0.367 e. The minimum absolute atomic E-state index is 0.00638. The van der Waals surface area contributed by atoms with Crippen molar-refractivity contribution in [2.75, 3.05) is 18.0 Å². The van der Waals surface area contributed by atoms with E-state index >= 15 is 0 Å². The van der Waals surface area contributed by atoms with Crippen molar-refractivity contribution in [2.45, 2.75) is 32.7 Å². The number of halogens is 1. The molecule has 1 amide bonds. The number of amides is 1. The third kappa shape index (κ3) is 4.08. The average molecular weight is 301 g/mol. The fourth-order valence-electron chi connectivity index (χ4n) is 2.65. The molecule has 1 heterocycles. The van der Waals surface area contributed by atoms with Crippen molar-refractivity contribution >= 4 is 11.6 Å². The van der Waals surface area contributed by atoms with Gasteiger partial charge in [0.2, 0.25) is 5.91 Å². The number of nitrogens with one attached hydrogen (secondary N) is 1. The number of benzene rings is 1. The van der Waals surface area contributed by atoms with Crippen LogP contribution in [0.1, 0.15) is 32.3 Å². The molecule has 1 atom stereocenters. The van der Waals surface area contributed by atoms with Crippen LogP contribution in [-0.4, -0.2) is 25.0 Å². The molecule has 1 aliphatic heterocycles. The Bertz CT molecular complexity index is 629. The van der Waals surface area contributed by atoms with E-state index in [9.17, 15) is 9.18 Å². The zero-order valence-electron chi connectivity index (χ0n) is 12.9. The average Bonchev–Trinajstić information content (AvgIpc) is 2.46. The molecule has 2 rings (SSSR count). The maximum Gasteiger partial charge on any atom is 0.244 e. The monoisotopic (exact) mass is 301 g/mol. The lowest BCUT2D eigenvalue weighted by Gasteiger charge is -2.34. The molecular weight excluding hydrogens is 281 g/mol. The summed E-state index contributed by atoms with van der Waals surface area (Å²) in [6, 6.07) is 6.43. The van der Waals surface area contributed by atoms with Crippen LogP contribution >= 0.6 is 0 Å². The van der Waals surface area contributed by atoms with E-state index in [4.69, 9.17) is 5.26 Å². The summed E-state index contributed by atoms with van der Waals surface area (Å²) in [5.41, 5.74) is 1.75. The zero-order valence-corrected chi connectivity index (χ0v) is 12.9. The van der Waals surface area contributed by atoms with Gasteiger partial charge in [-0.15, -0.1) is 0 Å². The molecule has 1 aliphatic rings. The molecule has 1 aromatic rings. The van der Waals surface area contributed by atoms with Crippen molar-refractivity contribution in [3.8, 4) is 6.07 Å². The summed E-state index contributed by atoms with van der Waals surface area (Å²) in [6.45, 7) is 5.07. The molecule has 0 aromatic heterocycles. The first-order valence-electron chi connectivity index (χ1n) is 7.39. The van der Waals surface area contributed by atoms with E-state index in [1.165, 1.54) is 6.07 Å². The molecule has 0 aliphatic carbocycles. The molecule has 0 spiro atoms. The smallest absolute Gasteiger partial charge is 0.244 e. The topological polar surface area (TPSA) is 56.1 Å². The number of piperidine rings is 1. The molecule has 1 aromatic carbocycles. The molecule has 4 nitrogen and oxygen atoms in total. The number of carbonyl (C=O) groups is 1. The van der Waals surface area contributed by atoms with Crippen LogP contribution in [0.5, 0.6) is 0 Å². The Kier molecular flexibility index (Phi) is 5.16. The van der Waals surface area contributed by atoms with Gasteiger partial charge in [0, 0.05) is 25.2 Å². The predicted molar refractivity (Wildman–Crippen MR) is 83.9 cm³/mol.